The monoisotopic (exact) mass is 425 g/mol. The van der Waals surface area contributed by atoms with Crippen LogP contribution in [0.4, 0.5) is 5.69 Å². The van der Waals surface area contributed by atoms with Crippen LogP contribution in [-0.2, 0) is 0 Å². The van der Waals surface area contributed by atoms with E-state index in [9.17, 15) is 4.79 Å². The molecule has 0 saturated carbocycles. The highest BCUT2D eigenvalue weighted by molar-refractivity contribution is 7.22. The van der Waals surface area contributed by atoms with Crippen LogP contribution in [0.1, 0.15) is 21.6 Å². The molecule has 152 valence electrons. The number of nitrogens with zero attached hydrogens (tertiary/aromatic N) is 4. The zero-order valence-electron chi connectivity index (χ0n) is 17.0. The summed E-state index contributed by atoms with van der Waals surface area (Å²) in [6.07, 6.45) is 0.852. The third-order valence-electron chi connectivity index (χ3n) is 5.34. The number of hydrogen-bond donors (Lipinski definition) is 1. The van der Waals surface area contributed by atoms with E-state index in [1.54, 1.807) is 6.07 Å². The van der Waals surface area contributed by atoms with E-state index in [4.69, 9.17) is 10.7 Å². The Balaban J connectivity index is 1.60. The fourth-order valence-corrected chi connectivity index (χ4v) is 4.77. The Labute approximate surface area is 183 Å². The topological polar surface area (TPSA) is 86.7 Å². The van der Waals surface area contributed by atoms with Crippen molar-refractivity contribution in [3.05, 3.63) is 77.5 Å². The van der Waals surface area contributed by atoms with Gasteiger partial charge in [0.15, 0.2) is 6.29 Å². The Kier molecular flexibility index (Phi) is 4.60. The normalized spacial score (nSPS) is 11.2. The summed E-state index contributed by atoms with van der Waals surface area (Å²) in [5.41, 5.74) is 13.0. The van der Waals surface area contributed by atoms with Crippen LogP contribution < -0.4 is 5.73 Å². The van der Waals surface area contributed by atoms with Gasteiger partial charge in [-0.3, -0.25) is 4.79 Å². The van der Waals surface area contributed by atoms with Crippen molar-refractivity contribution in [3.8, 4) is 27.5 Å². The average molecular weight is 426 g/mol. The Morgan fingerprint density at radius 1 is 1.00 bits per heavy atom. The van der Waals surface area contributed by atoms with Crippen molar-refractivity contribution in [1.29, 1.82) is 0 Å². The van der Waals surface area contributed by atoms with E-state index >= 15 is 0 Å². The number of hydrogen-bond acceptors (Lipinski definition) is 6. The molecule has 0 aliphatic carbocycles. The predicted molar refractivity (Wildman–Crippen MR) is 125 cm³/mol. The van der Waals surface area contributed by atoms with Gasteiger partial charge in [0, 0.05) is 16.5 Å². The number of aldehydes is 1. The van der Waals surface area contributed by atoms with Gasteiger partial charge in [0.1, 0.15) is 10.5 Å². The molecule has 0 fully saturated rings. The number of nitrogens with two attached hydrogens (primary N) is 1. The van der Waals surface area contributed by atoms with Crippen molar-refractivity contribution in [3.63, 3.8) is 0 Å². The zero-order chi connectivity index (χ0) is 21.5. The van der Waals surface area contributed by atoms with Gasteiger partial charge >= 0.3 is 0 Å². The molecule has 7 heteroatoms. The highest BCUT2D eigenvalue weighted by Crippen LogP contribution is 2.41. The third kappa shape index (κ3) is 3.19. The molecule has 6 nitrogen and oxygen atoms in total. The van der Waals surface area contributed by atoms with Gasteiger partial charge in [-0.15, -0.1) is 16.4 Å². The van der Waals surface area contributed by atoms with Crippen molar-refractivity contribution in [1.82, 2.24) is 20.0 Å². The smallest absolute Gasteiger partial charge is 0.150 e. The summed E-state index contributed by atoms with van der Waals surface area (Å²) in [5, 5.41) is 9.58. The summed E-state index contributed by atoms with van der Waals surface area (Å²) >= 11 is 1.48. The molecule has 0 aliphatic heterocycles. The number of rotatable bonds is 4. The molecule has 3 heterocycles. The quantitative estimate of drug-likeness (QED) is 0.399. The maximum absolute atomic E-state index is 11.5. The van der Waals surface area contributed by atoms with Crippen molar-refractivity contribution >= 4 is 33.5 Å². The van der Waals surface area contributed by atoms with Crippen molar-refractivity contribution in [2.24, 2.45) is 0 Å². The van der Waals surface area contributed by atoms with E-state index in [0.29, 0.717) is 11.3 Å². The Bertz CT molecular complexity index is 1430. The number of aromatic nitrogens is 4. The number of thiophene rings is 1. The van der Waals surface area contributed by atoms with E-state index in [0.717, 1.165) is 49.7 Å². The first kappa shape index (κ1) is 19.1. The molecule has 0 atom stereocenters. The number of carbonyl (C=O) groups is 1. The van der Waals surface area contributed by atoms with Crippen LogP contribution in [0.3, 0.4) is 0 Å². The SMILES string of the molecule is Cc1ccc(-n2nnc(-c3ccc4c(N)c(-c5ccccc5C=O)sc4n3)c2C)cc1. The van der Waals surface area contributed by atoms with E-state index in [-0.39, 0.29) is 0 Å². The van der Waals surface area contributed by atoms with E-state index < -0.39 is 0 Å². The van der Waals surface area contributed by atoms with Crippen LogP contribution in [-0.4, -0.2) is 26.3 Å². The van der Waals surface area contributed by atoms with Crippen LogP contribution in [0.15, 0.2) is 60.7 Å². The first-order valence-electron chi connectivity index (χ1n) is 9.80. The summed E-state index contributed by atoms with van der Waals surface area (Å²) in [6.45, 7) is 4.03. The molecule has 5 aromatic rings. The van der Waals surface area contributed by atoms with E-state index in [2.05, 4.69) is 17.2 Å². The molecule has 5 rings (SSSR count). The minimum Gasteiger partial charge on any atom is -0.397 e. The van der Waals surface area contributed by atoms with Crippen LogP contribution in [0, 0.1) is 13.8 Å². The molecule has 2 aromatic carbocycles. The van der Waals surface area contributed by atoms with E-state index in [1.807, 2.05) is 66.2 Å². The lowest BCUT2D eigenvalue weighted by Crippen LogP contribution is -1.99. The number of carbonyl (C=O) groups excluding carboxylic acids is 1. The van der Waals surface area contributed by atoms with Crippen molar-refractivity contribution in [2.75, 3.05) is 5.73 Å². The highest BCUT2D eigenvalue weighted by atomic mass is 32.1. The van der Waals surface area contributed by atoms with Gasteiger partial charge in [-0.05, 0) is 38.1 Å². The van der Waals surface area contributed by atoms with Gasteiger partial charge in [-0.1, -0.05) is 47.2 Å². The predicted octanol–water partition coefficient (Wildman–Crippen LogP) is 5.22. The average Bonchev–Trinajstić information content (AvgIpc) is 3.34. The molecule has 3 aromatic heterocycles. The van der Waals surface area contributed by atoms with Crippen LogP contribution in [0.25, 0.3) is 37.7 Å². The molecule has 0 aliphatic rings. The zero-order valence-corrected chi connectivity index (χ0v) is 17.9. The van der Waals surface area contributed by atoms with Crippen molar-refractivity contribution < 1.29 is 4.79 Å². The fourth-order valence-electron chi connectivity index (χ4n) is 3.63. The number of aryl methyl sites for hydroxylation is 1. The first-order valence-corrected chi connectivity index (χ1v) is 10.6. The summed E-state index contributed by atoms with van der Waals surface area (Å²) in [7, 11) is 0. The Hall–Kier alpha value is -3.84. The molecule has 0 unspecified atom stereocenters. The Morgan fingerprint density at radius 3 is 2.55 bits per heavy atom. The number of pyridine rings is 1. The highest BCUT2D eigenvalue weighted by Gasteiger charge is 2.18. The molecule has 0 saturated heterocycles. The van der Waals surface area contributed by atoms with E-state index in [1.165, 1.54) is 16.9 Å². The summed E-state index contributed by atoms with van der Waals surface area (Å²) < 4.78 is 1.81. The lowest BCUT2D eigenvalue weighted by Gasteiger charge is -2.04. The molecule has 0 amide bonds. The van der Waals surface area contributed by atoms with Gasteiger partial charge in [0.2, 0.25) is 0 Å². The number of nitrogen functional groups attached to an aromatic ring is 1. The lowest BCUT2D eigenvalue weighted by molar-refractivity contribution is 0.112. The lowest BCUT2D eigenvalue weighted by atomic mass is 10.1. The molecule has 2 N–H and O–H groups in total. The largest absolute Gasteiger partial charge is 0.397 e. The van der Waals surface area contributed by atoms with Crippen LogP contribution in [0.5, 0.6) is 0 Å². The van der Waals surface area contributed by atoms with Crippen molar-refractivity contribution in [2.45, 2.75) is 13.8 Å². The maximum atomic E-state index is 11.5. The van der Waals surface area contributed by atoms with Gasteiger partial charge in [-0.2, -0.15) is 0 Å². The van der Waals surface area contributed by atoms with Crippen LogP contribution in [0.2, 0.25) is 0 Å². The molecule has 31 heavy (non-hydrogen) atoms. The second kappa shape index (κ2) is 7.45. The number of fused-ring (bicyclic) bond motifs is 1. The molecule has 0 bridgehead atoms. The third-order valence-corrected chi connectivity index (χ3v) is 6.49. The van der Waals surface area contributed by atoms with Gasteiger partial charge in [0.05, 0.1) is 27.6 Å². The molecular formula is C24H19N5OS. The Morgan fingerprint density at radius 2 is 1.77 bits per heavy atom. The standard InChI is InChI=1S/C24H19N5OS/c1-14-7-9-17(10-8-14)29-15(2)22(27-28-29)20-12-11-19-21(25)23(31-24(19)26-20)18-6-4-3-5-16(18)13-30/h3-13H,25H2,1-2H3. The number of anilines is 1. The first-order chi connectivity index (χ1) is 15.1. The maximum Gasteiger partial charge on any atom is 0.150 e. The number of benzene rings is 2. The summed E-state index contributed by atoms with van der Waals surface area (Å²) in [4.78, 5) is 17.9. The van der Waals surface area contributed by atoms with Gasteiger partial charge in [-0.25, -0.2) is 9.67 Å². The second-order valence-electron chi connectivity index (χ2n) is 7.37. The fraction of sp³-hybridized carbons (Fsp3) is 0.0833. The van der Waals surface area contributed by atoms with Crippen LogP contribution >= 0.6 is 11.3 Å². The molecule has 0 radical (unpaired) electrons. The minimum atomic E-state index is 0.609. The summed E-state index contributed by atoms with van der Waals surface area (Å²) in [6, 6.07) is 19.5. The second-order valence-corrected chi connectivity index (χ2v) is 8.37. The minimum absolute atomic E-state index is 0.609. The summed E-state index contributed by atoms with van der Waals surface area (Å²) in [5.74, 6) is 0. The molecular weight excluding hydrogens is 406 g/mol. The van der Waals surface area contributed by atoms with Gasteiger partial charge in [0.25, 0.3) is 0 Å². The molecule has 0 spiro atoms. The van der Waals surface area contributed by atoms with Gasteiger partial charge < -0.3 is 5.73 Å².